The van der Waals surface area contributed by atoms with Crippen molar-refractivity contribution in [1.82, 2.24) is 0 Å². The molecule has 256 valence electrons. The van der Waals surface area contributed by atoms with E-state index in [1.165, 1.54) is 99.4 Å². The van der Waals surface area contributed by atoms with Gasteiger partial charge in [0.15, 0.2) is 0 Å². The third-order valence-corrected chi connectivity index (χ3v) is 10.6. The minimum atomic E-state index is 1.02. The van der Waals surface area contributed by atoms with Gasteiger partial charge in [0, 0.05) is 0 Å². The van der Waals surface area contributed by atoms with Gasteiger partial charge in [0.05, 0.1) is 0 Å². The second kappa shape index (κ2) is 14.8. The van der Waals surface area contributed by atoms with Gasteiger partial charge in [-0.05, 0) is 139 Å². The molecule has 0 nitrogen and oxygen atoms in total. The minimum Gasteiger partial charge on any atom is -0.0848 e. The predicted octanol–water partition coefficient (Wildman–Crippen LogP) is 15.3. The number of allylic oxidation sites excluding steroid dienone is 4. The summed E-state index contributed by atoms with van der Waals surface area (Å²) < 4.78 is 0. The Kier molecular flexibility index (Phi) is 9.45. The molecule has 0 heteroatoms. The Morgan fingerprint density at radius 3 is 1.43 bits per heavy atom. The molecule has 0 heterocycles. The van der Waals surface area contributed by atoms with Gasteiger partial charge in [-0.15, -0.1) is 0 Å². The maximum Gasteiger partial charge on any atom is -0.00235 e. The van der Waals surface area contributed by atoms with Gasteiger partial charge in [-0.25, -0.2) is 0 Å². The van der Waals surface area contributed by atoms with Crippen molar-refractivity contribution in [3.05, 3.63) is 199 Å². The van der Waals surface area contributed by atoms with Crippen molar-refractivity contribution in [3.63, 3.8) is 0 Å². The van der Waals surface area contributed by atoms with E-state index in [1.54, 1.807) is 0 Å². The molecule has 0 aliphatic heterocycles. The number of hydrogen-bond acceptors (Lipinski definition) is 0. The van der Waals surface area contributed by atoms with Crippen molar-refractivity contribution >= 4 is 27.1 Å². The standard InChI is InChI=1S/C53H44/c1-5-6-8-19-36(2)42-24-15-16-28-46(42)40-30-32-48-50(34-40)52(43-25-13-11-20-37(43)3)49-33-31-41(35-51(49)53(48)44-26-14-12-21-38(44)4)47-29-18-17-27-45(47)39-22-9-7-10-23-39/h6-35H,5H2,1-4H3/b8-6-,36-19+. The number of fused-ring (bicyclic) bond motifs is 2. The van der Waals surface area contributed by atoms with E-state index in [0.717, 1.165) is 6.42 Å². The van der Waals surface area contributed by atoms with Gasteiger partial charge < -0.3 is 0 Å². The Bertz CT molecular complexity index is 2670. The summed E-state index contributed by atoms with van der Waals surface area (Å²) >= 11 is 0. The fourth-order valence-corrected chi connectivity index (χ4v) is 7.97. The monoisotopic (exact) mass is 680 g/mol. The van der Waals surface area contributed by atoms with Crippen molar-refractivity contribution in [2.45, 2.75) is 34.1 Å². The zero-order valence-corrected chi connectivity index (χ0v) is 31.0. The Morgan fingerprint density at radius 1 is 0.434 bits per heavy atom. The molecule has 0 unspecified atom stereocenters. The highest BCUT2D eigenvalue weighted by Crippen LogP contribution is 2.48. The summed E-state index contributed by atoms with van der Waals surface area (Å²) in [5.41, 5.74) is 17.5. The van der Waals surface area contributed by atoms with Crippen LogP contribution in [0.3, 0.4) is 0 Å². The molecular weight excluding hydrogens is 637 g/mol. The highest BCUT2D eigenvalue weighted by atomic mass is 14.2. The Balaban J connectivity index is 1.48. The van der Waals surface area contributed by atoms with Crippen molar-refractivity contribution in [1.29, 1.82) is 0 Å². The van der Waals surface area contributed by atoms with Gasteiger partial charge in [-0.2, -0.15) is 0 Å². The van der Waals surface area contributed by atoms with Crippen molar-refractivity contribution in [3.8, 4) is 55.6 Å². The summed E-state index contributed by atoms with van der Waals surface area (Å²) in [5.74, 6) is 0. The van der Waals surface area contributed by atoms with Gasteiger partial charge in [0.2, 0.25) is 0 Å². The SMILES string of the molecule is CC/C=C\C=C(/C)c1ccccc1-c1ccc2c(-c3ccccc3C)c3cc(-c4ccccc4-c4ccccc4)ccc3c(-c3ccccc3C)c2c1. The molecule has 0 fully saturated rings. The lowest BCUT2D eigenvalue weighted by atomic mass is 9.81. The minimum absolute atomic E-state index is 1.02. The van der Waals surface area contributed by atoms with Crippen LogP contribution >= 0.6 is 0 Å². The molecule has 0 bridgehead atoms. The molecule has 8 aromatic carbocycles. The summed E-state index contributed by atoms with van der Waals surface area (Å²) in [7, 11) is 0. The molecule has 8 rings (SSSR count). The summed E-state index contributed by atoms with van der Waals surface area (Å²) in [5, 5.41) is 5.05. The average Bonchev–Trinajstić information content (AvgIpc) is 3.21. The van der Waals surface area contributed by atoms with E-state index in [2.05, 4.69) is 210 Å². The van der Waals surface area contributed by atoms with Gasteiger partial charge in [-0.1, -0.05) is 177 Å². The molecule has 0 aliphatic rings. The summed E-state index contributed by atoms with van der Waals surface area (Å²) in [4.78, 5) is 0. The zero-order chi connectivity index (χ0) is 36.3. The van der Waals surface area contributed by atoms with Crippen LogP contribution in [0.25, 0.3) is 82.8 Å². The predicted molar refractivity (Wildman–Crippen MR) is 231 cm³/mol. The third-order valence-electron chi connectivity index (χ3n) is 10.6. The highest BCUT2D eigenvalue weighted by molar-refractivity contribution is 6.23. The van der Waals surface area contributed by atoms with Crippen molar-refractivity contribution < 1.29 is 0 Å². The van der Waals surface area contributed by atoms with Crippen LogP contribution in [0.5, 0.6) is 0 Å². The first-order valence-corrected chi connectivity index (χ1v) is 18.8. The van der Waals surface area contributed by atoms with E-state index in [9.17, 15) is 0 Å². The maximum absolute atomic E-state index is 2.45. The Labute approximate surface area is 314 Å². The van der Waals surface area contributed by atoms with Crippen LogP contribution in [-0.2, 0) is 0 Å². The van der Waals surface area contributed by atoms with Crippen LogP contribution < -0.4 is 0 Å². The Morgan fingerprint density at radius 2 is 0.887 bits per heavy atom. The Hall–Kier alpha value is -6.24. The number of aryl methyl sites for hydroxylation is 2. The topological polar surface area (TPSA) is 0 Å². The van der Waals surface area contributed by atoms with Gasteiger partial charge in [0.25, 0.3) is 0 Å². The molecule has 0 aromatic heterocycles. The van der Waals surface area contributed by atoms with E-state index in [-0.39, 0.29) is 0 Å². The molecule has 0 N–H and O–H groups in total. The molecule has 8 aromatic rings. The van der Waals surface area contributed by atoms with E-state index in [4.69, 9.17) is 0 Å². The lowest BCUT2D eigenvalue weighted by Gasteiger charge is -2.22. The molecular formula is C53H44. The number of rotatable bonds is 8. The first kappa shape index (κ1) is 33.9. The van der Waals surface area contributed by atoms with Crippen LogP contribution in [0.1, 0.15) is 37.0 Å². The second-order valence-corrected chi connectivity index (χ2v) is 14.0. The van der Waals surface area contributed by atoms with E-state index in [0.29, 0.717) is 0 Å². The number of hydrogen-bond donors (Lipinski definition) is 0. The molecule has 0 saturated heterocycles. The van der Waals surface area contributed by atoms with E-state index >= 15 is 0 Å². The van der Waals surface area contributed by atoms with Gasteiger partial charge in [-0.3, -0.25) is 0 Å². The smallest absolute Gasteiger partial charge is 0.00235 e. The van der Waals surface area contributed by atoms with Crippen LogP contribution in [-0.4, -0.2) is 0 Å². The van der Waals surface area contributed by atoms with Crippen molar-refractivity contribution in [2.75, 3.05) is 0 Å². The fraction of sp³-hybridized carbons (Fsp3) is 0.0943. The van der Waals surface area contributed by atoms with Crippen LogP contribution in [0.2, 0.25) is 0 Å². The summed E-state index contributed by atoms with van der Waals surface area (Å²) in [6, 6.07) is 60.4. The first-order chi connectivity index (χ1) is 26.0. The lowest BCUT2D eigenvalue weighted by molar-refractivity contribution is 1.22. The number of benzene rings is 8. The van der Waals surface area contributed by atoms with Crippen LogP contribution in [0.15, 0.2) is 182 Å². The largest absolute Gasteiger partial charge is 0.0848 e. The molecule has 0 spiro atoms. The molecule has 0 radical (unpaired) electrons. The second-order valence-electron chi connectivity index (χ2n) is 14.0. The molecule has 0 aliphatic carbocycles. The van der Waals surface area contributed by atoms with Gasteiger partial charge >= 0.3 is 0 Å². The zero-order valence-electron chi connectivity index (χ0n) is 31.0. The maximum atomic E-state index is 2.45. The molecule has 0 atom stereocenters. The molecule has 0 amide bonds. The van der Waals surface area contributed by atoms with E-state index < -0.39 is 0 Å². The first-order valence-electron chi connectivity index (χ1n) is 18.8. The normalized spacial score (nSPS) is 11.9. The quantitative estimate of drug-likeness (QED) is 0.111. The molecule has 0 saturated carbocycles. The van der Waals surface area contributed by atoms with Crippen LogP contribution in [0.4, 0.5) is 0 Å². The van der Waals surface area contributed by atoms with Gasteiger partial charge in [0.1, 0.15) is 0 Å². The average molecular weight is 681 g/mol. The summed E-state index contributed by atoms with van der Waals surface area (Å²) in [6.45, 7) is 8.87. The fourth-order valence-electron chi connectivity index (χ4n) is 7.97. The third kappa shape index (κ3) is 6.43. The van der Waals surface area contributed by atoms with Crippen molar-refractivity contribution in [2.24, 2.45) is 0 Å². The summed E-state index contributed by atoms with van der Waals surface area (Å²) in [6.07, 6.45) is 7.64. The lowest BCUT2D eigenvalue weighted by Crippen LogP contribution is -1.95. The highest BCUT2D eigenvalue weighted by Gasteiger charge is 2.21. The van der Waals surface area contributed by atoms with E-state index in [1.807, 2.05) is 0 Å². The molecule has 53 heavy (non-hydrogen) atoms. The van der Waals surface area contributed by atoms with Crippen LogP contribution in [0, 0.1) is 13.8 Å².